The number of amides is 1. The second kappa shape index (κ2) is 9.51. The number of carbonyl (C=O) groups excluding carboxylic acids is 2. The molecule has 4 rings (SSSR count). The zero-order valence-electron chi connectivity index (χ0n) is 21.6. The third kappa shape index (κ3) is 5.60. The Labute approximate surface area is 207 Å². The van der Waals surface area contributed by atoms with E-state index in [1.165, 1.54) is 7.11 Å². The molecule has 1 spiro atoms. The van der Waals surface area contributed by atoms with Gasteiger partial charge in [-0.25, -0.2) is 14.3 Å². The van der Waals surface area contributed by atoms with Crippen molar-refractivity contribution < 1.29 is 19.1 Å². The van der Waals surface area contributed by atoms with Crippen molar-refractivity contribution in [2.24, 2.45) is 5.41 Å². The normalized spacial score (nSPS) is 17.8. The van der Waals surface area contributed by atoms with Gasteiger partial charge in [0.2, 0.25) is 0 Å². The number of ether oxygens (including phenoxy) is 2. The third-order valence-corrected chi connectivity index (χ3v) is 6.69. The van der Waals surface area contributed by atoms with Crippen molar-refractivity contribution in [2.45, 2.75) is 52.6 Å². The van der Waals surface area contributed by atoms with Crippen LogP contribution in [0.25, 0.3) is 5.69 Å². The lowest BCUT2D eigenvalue weighted by atomic mass is 9.72. The molecule has 188 valence electrons. The van der Waals surface area contributed by atoms with Gasteiger partial charge in [-0.1, -0.05) is 12.1 Å². The molecule has 1 aromatic carbocycles. The van der Waals surface area contributed by atoms with Gasteiger partial charge in [-0.2, -0.15) is 5.10 Å². The highest BCUT2D eigenvalue weighted by atomic mass is 16.6. The van der Waals surface area contributed by atoms with Crippen molar-refractivity contribution in [3.63, 3.8) is 0 Å². The van der Waals surface area contributed by atoms with E-state index in [9.17, 15) is 9.59 Å². The molecule has 35 heavy (non-hydrogen) atoms. The summed E-state index contributed by atoms with van der Waals surface area (Å²) in [5, 5.41) is 4.62. The number of benzene rings is 1. The molecule has 0 N–H and O–H groups in total. The van der Waals surface area contributed by atoms with Crippen LogP contribution in [0.15, 0.2) is 36.1 Å². The molecule has 2 aromatic rings. The van der Waals surface area contributed by atoms with Gasteiger partial charge >= 0.3 is 6.09 Å². The zero-order valence-corrected chi connectivity index (χ0v) is 21.6. The molecular formula is C27H36N4O4. The first-order chi connectivity index (χ1) is 16.5. The maximum Gasteiger partial charge on any atom is 0.410 e. The Hall–Kier alpha value is -3.09. The number of aryl methyl sites for hydroxylation is 2. The predicted octanol–water partition coefficient (Wildman–Crippen LogP) is 3.88. The summed E-state index contributed by atoms with van der Waals surface area (Å²) >= 11 is 0. The maximum absolute atomic E-state index is 12.3. The van der Waals surface area contributed by atoms with Crippen LogP contribution in [0.1, 0.15) is 50.1 Å². The Kier molecular flexibility index (Phi) is 6.80. The van der Waals surface area contributed by atoms with E-state index in [0.29, 0.717) is 12.2 Å². The topological polar surface area (TPSA) is 76.9 Å². The summed E-state index contributed by atoms with van der Waals surface area (Å²) in [6, 6.07) is 10.4. The summed E-state index contributed by atoms with van der Waals surface area (Å²) in [6.45, 7) is 13.8. The Morgan fingerprint density at radius 2 is 1.89 bits per heavy atom. The Bertz CT molecular complexity index is 1130. The van der Waals surface area contributed by atoms with Crippen molar-refractivity contribution in [1.82, 2.24) is 19.6 Å². The van der Waals surface area contributed by atoms with E-state index in [1.54, 1.807) is 4.90 Å². The minimum Gasteiger partial charge on any atom is -0.490 e. The lowest BCUT2D eigenvalue weighted by Crippen LogP contribution is -2.73. The van der Waals surface area contributed by atoms with Crippen LogP contribution in [0, 0.1) is 19.3 Å². The molecule has 0 radical (unpaired) electrons. The van der Waals surface area contributed by atoms with Crippen LogP contribution in [-0.2, 0) is 14.3 Å². The van der Waals surface area contributed by atoms with E-state index >= 15 is 0 Å². The molecule has 3 heterocycles. The molecule has 0 unspecified atom stereocenters. The molecule has 2 fully saturated rings. The summed E-state index contributed by atoms with van der Waals surface area (Å²) in [6.07, 6.45) is 0.245. The molecule has 0 saturated carbocycles. The standard InChI is InChI=1S/C27H36N4O4/c1-19-10-20(2)31(28-19)23-9-7-8-21(11-23)22(12-24(14-32)34-6)13-29-15-27(16-29)17-30(18-27)25(33)35-26(3,4)5/h7-11,22H,12-13,15-18H2,1-6H3/t22-/m1/s1. The highest BCUT2D eigenvalue weighted by Gasteiger charge is 2.54. The van der Waals surface area contributed by atoms with Crippen molar-refractivity contribution in [2.75, 3.05) is 39.8 Å². The number of hydrogen-bond acceptors (Lipinski definition) is 6. The quantitative estimate of drug-likeness (QED) is 0.442. The number of aromatic nitrogens is 2. The highest BCUT2D eigenvalue weighted by Crippen LogP contribution is 2.41. The van der Waals surface area contributed by atoms with E-state index in [4.69, 9.17) is 9.47 Å². The van der Waals surface area contributed by atoms with Gasteiger partial charge in [0.25, 0.3) is 0 Å². The van der Waals surface area contributed by atoms with Gasteiger partial charge in [0.15, 0.2) is 11.7 Å². The molecule has 2 aliphatic rings. The summed E-state index contributed by atoms with van der Waals surface area (Å²) in [5.74, 6) is 2.34. The third-order valence-electron chi connectivity index (χ3n) is 6.69. The van der Waals surface area contributed by atoms with Crippen LogP contribution in [0.4, 0.5) is 4.79 Å². The molecule has 1 atom stereocenters. The lowest BCUT2D eigenvalue weighted by molar-refractivity contribution is -0.114. The second-order valence-corrected chi connectivity index (χ2v) is 11.1. The summed E-state index contributed by atoms with van der Waals surface area (Å²) in [7, 11) is 1.52. The first-order valence-electron chi connectivity index (χ1n) is 12.1. The van der Waals surface area contributed by atoms with Crippen molar-refractivity contribution in [3.8, 4) is 5.69 Å². The van der Waals surface area contributed by atoms with Crippen molar-refractivity contribution in [1.29, 1.82) is 0 Å². The smallest absolute Gasteiger partial charge is 0.410 e. The van der Waals surface area contributed by atoms with Gasteiger partial charge in [0.1, 0.15) is 5.60 Å². The number of hydrogen-bond donors (Lipinski definition) is 0. The fourth-order valence-electron chi connectivity index (χ4n) is 5.24. The van der Waals surface area contributed by atoms with Gasteiger partial charge in [-0.3, -0.25) is 0 Å². The largest absolute Gasteiger partial charge is 0.490 e. The first kappa shape index (κ1) is 25.0. The monoisotopic (exact) mass is 480 g/mol. The van der Waals surface area contributed by atoms with Gasteiger partial charge in [-0.05, 0) is 58.4 Å². The number of rotatable bonds is 7. The molecule has 1 aromatic heterocycles. The van der Waals surface area contributed by atoms with Crippen LogP contribution in [0.5, 0.6) is 0 Å². The number of nitrogens with zero attached hydrogens (tertiary/aromatic N) is 4. The molecular weight excluding hydrogens is 444 g/mol. The van der Waals surface area contributed by atoms with Crippen molar-refractivity contribution >= 4 is 12.0 Å². The lowest BCUT2D eigenvalue weighted by Gasteiger charge is -2.60. The van der Waals surface area contributed by atoms with Gasteiger partial charge in [-0.15, -0.1) is 0 Å². The van der Waals surface area contributed by atoms with Crippen molar-refractivity contribution in [3.05, 3.63) is 53.0 Å². The second-order valence-electron chi connectivity index (χ2n) is 11.1. The summed E-state index contributed by atoms with van der Waals surface area (Å²) in [4.78, 5) is 27.9. The molecule has 8 heteroatoms. The number of allylic oxidation sites excluding steroid dienone is 1. The van der Waals surface area contributed by atoms with E-state index < -0.39 is 5.60 Å². The fourth-order valence-corrected chi connectivity index (χ4v) is 5.24. The Morgan fingerprint density at radius 3 is 2.46 bits per heavy atom. The highest BCUT2D eigenvalue weighted by molar-refractivity contribution is 5.69. The number of carbonyl (C=O) groups is 1. The van der Waals surface area contributed by atoms with Crippen LogP contribution < -0.4 is 0 Å². The first-order valence-corrected chi connectivity index (χ1v) is 12.1. The zero-order chi connectivity index (χ0) is 25.4. The van der Waals surface area contributed by atoms with Crippen LogP contribution in [0.2, 0.25) is 0 Å². The molecule has 0 aliphatic carbocycles. The molecule has 1 amide bonds. The maximum atomic E-state index is 12.3. The average Bonchev–Trinajstić information content (AvgIpc) is 3.07. The van der Waals surface area contributed by atoms with Gasteiger partial charge < -0.3 is 19.3 Å². The predicted molar refractivity (Wildman–Crippen MR) is 133 cm³/mol. The average molecular weight is 481 g/mol. The molecule has 2 aliphatic heterocycles. The van der Waals surface area contributed by atoms with E-state index in [0.717, 1.165) is 55.4 Å². The van der Waals surface area contributed by atoms with E-state index in [-0.39, 0.29) is 17.4 Å². The fraction of sp³-hybridized carbons (Fsp3) is 0.556. The molecule has 0 bridgehead atoms. The van der Waals surface area contributed by atoms with E-state index in [1.807, 2.05) is 57.4 Å². The number of methoxy groups -OCH3 is 1. The Balaban J connectivity index is 1.43. The molecule has 8 nitrogen and oxygen atoms in total. The Morgan fingerprint density at radius 1 is 1.17 bits per heavy atom. The summed E-state index contributed by atoms with van der Waals surface area (Å²) in [5.41, 5.74) is 3.85. The molecule has 2 saturated heterocycles. The van der Waals surface area contributed by atoms with Crippen LogP contribution >= 0.6 is 0 Å². The minimum atomic E-state index is -0.480. The van der Waals surface area contributed by atoms with Crippen LogP contribution in [0.3, 0.4) is 0 Å². The summed E-state index contributed by atoms with van der Waals surface area (Å²) < 4.78 is 12.7. The van der Waals surface area contributed by atoms with Crippen LogP contribution in [-0.4, -0.2) is 77.0 Å². The van der Waals surface area contributed by atoms with Gasteiger partial charge in [0, 0.05) is 56.2 Å². The SMILES string of the molecule is COC(=C=O)C[C@H](CN1CC2(C1)CN(C(=O)OC(C)(C)C)C2)c1cccc(-n2nc(C)cc2C)c1. The number of likely N-dealkylation sites (tertiary alicyclic amines) is 2. The van der Waals surface area contributed by atoms with Gasteiger partial charge in [0.05, 0.1) is 18.5 Å². The van der Waals surface area contributed by atoms with E-state index in [2.05, 4.69) is 28.2 Å². The minimum absolute atomic E-state index is 0.0719.